The molecule has 1 aromatic heterocycles. The first-order valence-corrected chi connectivity index (χ1v) is 8.28. The predicted molar refractivity (Wildman–Crippen MR) is 95.9 cm³/mol. The lowest BCUT2D eigenvalue weighted by Gasteiger charge is -2.15. The van der Waals surface area contributed by atoms with Gasteiger partial charge in [-0.1, -0.05) is 35.5 Å². The van der Waals surface area contributed by atoms with E-state index in [9.17, 15) is 18.8 Å². The third kappa shape index (κ3) is 4.29. The number of carbonyl (C=O) groups is 3. The van der Waals surface area contributed by atoms with Crippen LogP contribution in [0.4, 0.5) is 4.39 Å². The van der Waals surface area contributed by atoms with Crippen LogP contribution in [-0.4, -0.2) is 34.0 Å². The standard InChI is InChI=1S/C20H15FN2O5/c21-14-8-6-13(7-9-14)18-15(11-22-28-18)19(25)23-16(17(24)20(26)27)10-12-4-2-1-3-5-12/h1-9,11,16H,10H2,(H,23,25)(H,26,27). The second-order valence-electron chi connectivity index (χ2n) is 5.96. The Hall–Kier alpha value is -3.81. The molecule has 2 aromatic carbocycles. The van der Waals surface area contributed by atoms with Gasteiger partial charge in [-0.3, -0.25) is 9.59 Å². The number of aromatic nitrogens is 1. The van der Waals surface area contributed by atoms with Gasteiger partial charge in [-0.05, 0) is 29.8 Å². The second-order valence-corrected chi connectivity index (χ2v) is 5.96. The Morgan fingerprint density at radius 2 is 1.75 bits per heavy atom. The number of rotatable bonds is 7. The number of Topliss-reactive ketones (excluding diaryl/α,β-unsaturated/α-hetero) is 1. The fraction of sp³-hybridized carbons (Fsp3) is 0.100. The van der Waals surface area contributed by atoms with Crippen molar-refractivity contribution in [1.29, 1.82) is 0 Å². The molecule has 7 nitrogen and oxygen atoms in total. The summed E-state index contributed by atoms with van der Waals surface area (Å²) in [5.41, 5.74) is 1.10. The highest BCUT2D eigenvalue weighted by Gasteiger charge is 2.29. The number of hydrogen-bond acceptors (Lipinski definition) is 5. The molecule has 0 radical (unpaired) electrons. The molecule has 28 heavy (non-hydrogen) atoms. The molecule has 1 amide bonds. The van der Waals surface area contributed by atoms with Crippen LogP contribution in [0.5, 0.6) is 0 Å². The third-order valence-electron chi connectivity index (χ3n) is 4.04. The topological polar surface area (TPSA) is 110 Å². The predicted octanol–water partition coefficient (Wildman–Crippen LogP) is 2.48. The zero-order valence-electron chi connectivity index (χ0n) is 14.5. The van der Waals surface area contributed by atoms with Gasteiger partial charge in [-0.25, -0.2) is 9.18 Å². The summed E-state index contributed by atoms with van der Waals surface area (Å²) in [6.45, 7) is 0. The molecule has 0 saturated heterocycles. The van der Waals surface area contributed by atoms with Gasteiger partial charge in [0.15, 0.2) is 5.76 Å². The van der Waals surface area contributed by atoms with Gasteiger partial charge >= 0.3 is 5.97 Å². The van der Waals surface area contributed by atoms with Crippen molar-refractivity contribution in [2.45, 2.75) is 12.5 Å². The number of ketones is 1. The number of nitrogens with zero attached hydrogens (tertiary/aromatic N) is 1. The minimum atomic E-state index is -1.65. The summed E-state index contributed by atoms with van der Waals surface area (Å²) in [4.78, 5) is 35.9. The quantitative estimate of drug-likeness (QED) is 0.608. The van der Waals surface area contributed by atoms with E-state index in [1.165, 1.54) is 24.3 Å². The molecule has 2 N–H and O–H groups in total. The van der Waals surface area contributed by atoms with Crippen molar-refractivity contribution in [2.24, 2.45) is 0 Å². The Bertz CT molecular complexity index is 999. The van der Waals surface area contributed by atoms with Crippen LogP contribution in [0.3, 0.4) is 0 Å². The Kier molecular flexibility index (Phi) is 5.59. The average molecular weight is 382 g/mol. The molecule has 3 rings (SSSR count). The van der Waals surface area contributed by atoms with Gasteiger partial charge in [0.2, 0.25) is 0 Å². The third-order valence-corrected chi connectivity index (χ3v) is 4.04. The summed E-state index contributed by atoms with van der Waals surface area (Å²) in [6, 6.07) is 12.7. The molecule has 0 aliphatic rings. The van der Waals surface area contributed by atoms with Crippen LogP contribution in [0.2, 0.25) is 0 Å². The van der Waals surface area contributed by atoms with E-state index >= 15 is 0 Å². The van der Waals surface area contributed by atoms with Gasteiger partial charge in [0.25, 0.3) is 11.7 Å². The maximum Gasteiger partial charge on any atom is 0.374 e. The molecule has 142 valence electrons. The molecule has 3 aromatic rings. The molecule has 1 atom stereocenters. The summed E-state index contributed by atoms with van der Waals surface area (Å²) in [5, 5.41) is 15.1. The highest BCUT2D eigenvalue weighted by Crippen LogP contribution is 2.24. The van der Waals surface area contributed by atoms with Gasteiger partial charge in [-0.2, -0.15) is 0 Å². The number of hydrogen-bond donors (Lipinski definition) is 2. The van der Waals surface area contributed by atoms with Crippen LogP contribution >= 0.6 is 0 Å². The Morgan fingerprint density at radius 1 is 1.07 bits per heavy atom. The first-order chi connectivity index (χ1) is 13.5. The monoisotopic (exact) mass is 382 g/mol. The minimum absolute atomic E-state index is 0.00265. The summed E-state index contributed by atoms with van der Waals surface area (Å²) in [7, 11) is 0. The lowest BCUT2D eigenvalue weighted by atomic mass is 10.0. The molecule has 1 unspecified atom stereocenters. The lowest BCUT2D eigenvalue weighted by Crippen LogP contribution is -2.45. The number of carbonyl (C=O) groups excluding carboxylic acids is 2. The van der Waals surface area contributed by atoms with Gasteiger partial charge in [0, 0.05) is 12.0 Å². The zero-order chi connectivity index (χ0) is 20.1. The SMILES string of the molecule is O=C(O)C(=O)C(Cc1ccccc1)NC(=O)c1cnoc1-c1ccc(F)cc1. The number of carboxylic acid groups (broad SMARTS) is 1. The largest absolute Gasteiger partial charge is 0.475 e. The zero-order valence-corrected chi connectivity index (χ0v) is 14.5. The van der Waals surface area contributed by atoms with E-state index in [-0.39, 0.29) is 17.7 Å². The first kappa shape index (κ1) is 19.0. The van der Waals surface area contributed by atoms with Crippen molar-refractivity contribution in [2.75, 3.05) is 0 Å². The van der Waals surface area contributed by atoms with Crippen molar-refractivity contribution < 1.29 is 28.4 Å². The maximum atomic E-state index is 13.1. The van der Waals surface area contributed by atoms with Crippen LogP contribution < -0.4 is 5.32 Å². The molecular formula is C20H15FN2O5. The molecule has 0 saturated carbocycles. The molecule has 0 bridgehead atoms. The number of amides is 1. The van der Waals surface area contributed by atoms with Gasteiger partial charge < -0.3 is 14.9 Å². The summed E-state index contributed by atoms with van der Waals surface area (Å²) in [5.74, 6) is -3.89. The van der Waals surface area contributed by atoms with E-state index in [1.54, 1.807) is 30.3 Å². The molecular weight excluding hydrogens is 367 g/mol. The lowest BCUT2D eigenvalue weighted by molar-refractivity contribution is -0.149. The highest BCUT2D eigenvalue weighted by atomic mass is 19.1. The Labute approximate surface area is 158 Å². The molecule has 8 heteroatoms. The summed E-state index contributed by atoms with van der Waals surface area (Å²) < 4.78 is 18.2. The van der Waals surface area contributed by atoms with Crippen molar-refractivity contribution in [3.8, 4) is 11.3 Å². The van der Waals surface area contributed by atoms with E-state index in [4.69, 9.17) is 9.63 Å². The smallest absolute Gasteiger partial charge is 0.374 e. The fourth-order valence-electron chi connectivity index (χ4n) is 2.65. The van der Waals surface area contributed by atoms with Crippen LogP contribution in [0, 0.1) is 5.82 Å². The normalized spacial score (nSPS) is 11.6. The highest BCUT2D eigenvalue weighted by molar-refractivity contribution is 6.35. The van der Waals surface area contributed by atoms with Crippen molar-refractivity contribution in [1.82, 2.24) is 10.5 Å². The van der Waals surface area contributed by atoms with Crippen molar-refractivity contribution >= 4 is 17.7 Å². The van der Waals surface area contributed by atoms with E-state index in [0.717, 1.165) is 6.20 Å². The summed E-state index contributed by atoms with van der Waals surface area (Å²) >= 11 is 0. The van der Waals surface area contributed by atoms with E-state index in [0.29, 0.717) is 11.1 Å². The number of aliphatic carboxylic acids is 1. The van der Waals surface area contributed by atoms with Crippen molar-refractivity contribution in [3.05, 3.63) is 77.7 Å². The van der Waals surface area contributed by atoms with E-state index in [1.807, 2.05) is 0 Å². The molecule has 0 fully saturated rings. The van der Waals surface area contributed by atoms with Crippen LogP contribution in [0.15, 0.2) is 65.3 Å². The van der Waals surface area contributed by atoms with Crippen LogP contribution in [0.1, 0.15) is 15.9 Å². The number of nitrogens with one attached hydrogen (secondary N) is 1. The van der Waals surface area contributed by atoms with Gasteiger partial charge in [0.1, 0.15) is 17.4 Å². The second kappa shape index (κ2) is 8.26. The van der Waals surface area contributed by atoms with Crippen LogP contribution in [-0.2, 0) is 16.0 Å². The summed E-state index contributed by atoms with van der Waals surface area (Å²) in [6.07, 6.45) is 1.16. The minimum Gasteiger partial charge on any atom is -0.475 e. The number of halogens is 1. The first-order valence-electron chi connectivity index (χ1n) is 8.28. The molecule has 0 aliphatic heterocycles. The van der Waals surface area contributed by atoms with E-state index < -0.39 is 29.5 Å². The Balaban J connectivity index is 1.84. The molecule has 0 spiro atoms. The van der Waals surface area contributed by atoms with E-state index in [2.05, 4.69) is 10.5 Å². The Morgan fingerprint density at radius 3 is 2.39 bits per heavy atom. The van der Waals surface area contributed by atoms with Crippen LogP contribution in [0.25, 0.3) is 11.3 Å². The fourth-order valence-corrected chi connectivity index (χ4v) is 2.65. The number of benzene rings is 2. The number of carboxylic acids is 1. The average Bonchev–Trinajstić information content (AvgIpc) is 3.18. The van der Waals surface area contributed by atoms with Crippen molar-refractivity contribution in [3.63, 3.8) is 0 Å². The molecule has 1 heterocycles. The maximum absolute atomic E-state index is 13.1. The van der Waals surface area contributed by atoms with Gasteiger partial charge in [-0.15, -0.1) is 0 Å². The molecule has 0 aliphatic carbocycles. The van der Waals surface area contributed by atoms with Gasteiger partial charge in [0.05, 0.1) is 6.20 Å².